The lowest BCUT2D eigenvalue weighted by molar-refractivity contribution is 1.18. The molecule has 0 aliphatic rings. The van der Waals surface area contributed by atoms with Crippen molar-refractivity contribution in [1.29, 1.82) is 0 Å². The Hall–Kier alpha value is -8.72. The fraction of sp³-hybridized carbons (Fsp3) is 0. The van der Waals surface area contributed by atoms with Crippen LogP contribution >= 0.6 is 0 Å². The zero-order chi connectivity index (χ0) is 43.6. The number of rotatable bonds is 7. The number of fused-ring (bicyclic) bond motifs is 8. The van der Waals surface area contributed by atoms with Gasteiger partial charge in [0.1, 0.15) is 0 Å². The number of para-hydroxylation sites is 2. The average Bonchev–Trinajstić information content (AvgIpc) is 3.72. The number of nitrogens with zero attached hydrogens (tertiary/aromatic N) is 2. The molecular formula is C64H42N2. The summed E-state index contributed by atoms with van der Waals surface area (Å²) in [5.74, 6) is 0. The van der Waals surface area contributed by atoms with Gasteiger partial charge in [-0.3, -0.25) is 0 Å². The van der Waals surface area contributed by atoms with E-state index in [1.807, 2.05) is 0 Å². The number of aromatic nitrogens is 1. The number of anilines is 3. The summed E-state index contributed by atoms with van der Waals surface area (Å²) in [6.45, 7) is 0. The van der Waals surface area contributed by atoms with Crippen molar-refractivity contribution in [2.75, 3.05) is 4.90 Å². The lowest BCUT2D eigenvalue weighted by Gasteiger charge is -2.28. The molecule has 2 nitrogen and oxygen atoms in total. The maximum absolute atomic E-state index is 2.46. The molecule has 0 amide bonds. The van der Waals surface area contributed by atoms with E-state index in [1.54, 1.807) is 0 Å². The number of hydrogen-bond donors (Lipinski definition) is 0. The Morgan fingerprint density at radius 1 is 0.288 bits per heavy atom. The van der Waals surface area contributed by atoms with Crippen molar-refractivity contribution < 1.29 is 0 Å². The van der Waals surface area contributed by atoms with Crippen molar-refractivity contribution in [2.24, 2.45) is 0 Å². The van der Waals surface area contributed by atoms with E-state index in [-0.39, 0.29) is 0 Å². The molecule has 1 aromatic heterocycles. The first-order valence-corrected chi connectivity index (χ1v) is 22.8. The SMILES string of the molecule is c1ccc(-n2c3ccccc3c3c(-c4cccc(N(c5ccc(-c6ccc(-c7cccc8ccccc78)cc6)cc5)c5cc6ccccc6c6ccccc56)c4)c4ccccc4cc32)cc1. The first kappa shape index (κ1) is 37.8. The molecule has 0 radical (unpaired) electrons. The van der Waals surface area contributed by atoms with Gasteiger partial charge in [-0.15, -0.1) is 0 Å². The quantitative estimate of drug-likeness (QED) is 0.145. The second kappa shape index (κ2) is 15.5. The standard InChI is InChI=1S/C64H42N2/c1-2-21-50(22-3-1)66-60-31-13-12-29-59(60)64-62(66)42-48-18-6-9-26-56(48)63(64)49-20-14-23-52(40-49)65(61-41-47-17-5-8-25-55(47)57-27-10-11-28-58(57)61)51-38-36-44(37-39-51)43-32-34-46(35-33-43)54-30-15-19-45-16-4-7-24-53(45)54/h1-42H. The minimum atomic E-state index is 1.09. The predicted molar refractivity (Wildman–Crippen MR) is 282 cm³/mol. The topological polar surface area (TPSA) is 8.17 Å². The zero-order valence-electron chi connectivity index (χ0n) is 36.1. The molecule has 2 heteroatoms. The van der Waals surface area contributed by atoms with Crippen LogP contribution in [-0.4, -0.2) is 4.57 Å². The summed E-state index contributed by atoms with van der Waals surface area (Å²) < 4.78 is 2.43. The highest BCUT2D eigenvalue weighted by Gasteiger charge is 2.22. The molecule has 0 saturated carbocycles. The highest BCUT2D eigenvalue weighted by molar-refractivity contribution is 6.23. The third-order valence-electron chi connectivity index (χ3n) is 13.5. The Morgan fingerprint density at radius 3 is 1.62 bits per heavy atom. The lowest BCUT2D eigenvalue weighted by atomic mass is 9.92. The molecule has 1 heterocycles. The molecule has 0 saturated heterocycles. The number of benzene rings is 12. The Labute approximate surface area is 383 Å². The van der Waals surface area contributed by atoms with E-state index in [2.05, 4.69) is 264 Å². The molecule has 0 bridgehead atoms. The van der Waals surface area contributed by atoms with Crippen molar-refractivity contribution in [3.8, 4) is 39.1 Å². The maximum Gasteiger partial charge on any atom is 0.0553 e. The summed E-state index contributed by atoms with van der Waals surface area (Å²) in [6.07, 6.45) is 0. The zero-order valence-corrected chi connectivity index (χ0v) is 36.1. The summed E-state index contributed by atoms with van der Waals surface area (Å²) in [4.78, 5) is 2.46. The van der Waals surface area contributed by atoms with Crippen LogP contribution in [0.4, 0.5) is 17.1 Å². The van der Waals surface area contributed by atoms with Crippen LogP contribution < -0.4 is 4.90 Å². The van der Waals surface area contributed by atoms with Crippen molar-refractivity contribution in [3.05, 3.63) is 255 Å². The van der Waals surface area contributed by atoms with Crippen LogP contribution in [0.5, 0.6) is 0 Å². The summed E-state index contributed by atoms with van der Waals surface area (Å²) in [5, 5.41) is 12.4. The fourth-order valence-corrected chi connectivity index (χ4v) is 10.5. The van der Waals surface area contributed by atoms with E-state index in [0.717, 1.165) is 22.7 Å². The van der Waals surface area contributed by atoms with Gasteiger partial charge < -0.3 is 9.47 Å². The first-order chi connectivity index (χ1) is 32.7. The molecule has 12 aromatic carbocycles. The normalized spacial score (nSPS) is 11.6. The van der Waals surface area contributed by atoms with E-state index >= 15 is 0 Å². The van der Waals surface area contributed by atoms with E-state index in [9.17, 15) is 0 Å². The Kier molecular flexibility index (Phi) is 8.89. The minimum Gasteiger partial charge on any atom is -0.310 e. The third kappa shape index (κ3) is 6.18. The molecule has 0 atom stereocenters. The van der Waals surface area contributed by atoms with Gasteiger partial charge in [0.2, 0.25) is 0 Å². The minimum absolute atomic E-state index is 1.09. The average molecular weight is 839 g/mol. The van der Waals surface area contributed by atoms with Gasteiger partial charge >= 0.3 is 0 Å². The largest absolute Gasteiger partial charge is 0.310 e. The molecule has 0 aliphatic heterocycles. The predicted octanol–water partition coefficient (Wildman–Crippen LogP) is 17.9. The monoisotopic (exact) mass is 838 g/mol. The van der Waals surface area contributed by atoms with E-state index in [4.69, 9.17) is 0 Å². The van der Waals surface area contributed by atoms with Crippen molar-refractivity contribution in [2.45, 2.75) is 0 Å². The van der Waals surface area contributed by atoms with Gasteiger partial charge in [-0.25, -0.2) is 0 Å². The van der Waals surface area contributed by atoms with Gasteiger partial charge in [0.15, 0.2) is 0 Å². The molecule has 0 unspecified atom stereocenters. The van der Waals surface area contributed by atoms with Crippen LogP contribution in [0.25, 0.3) is 104 Å². The smallest absolute Gasteiger partial charge is 0.0553 e. The van der Waals surface area contributed by atoms with Crippen LogP contribution in [0.1, 0.15) is 0 Å². The fourth-order valence-electron chi connectivity index (χ4n) is 10.5. The Bertz CT molecular complexity index is 3970. The second-order valence-electron chi connectivity index (χ2n) is 17.3. The number of hydrogen-bond acceptors (Lipinski definition) is 1. The van der Waals surface area contributed by atoms with Gasteiger partial charge in [-0.2, -0.15) is 0 Å². The molecular weight excluding hydrogens is 797 g/mol. The molecule has 0 fully saturated rings. The Morgan fingerprint density at radius 2 is 0.848 bits per heavy atom. The summed E-state index contributed by atoms with van der Waals surface area (Å²) in [5.41, 5.74) is 14.1. The van der Waals surface area contributed by atoms with E-state index in [0.29, 0.717) is 0 Å². The molecule has 0 aliphatic carbocycles. The summed E-state index contributed by atoms with van der Waals surface area (Å²) in [6, 6.07) is 93.3. The third-order valence-corrected chi connectivity index (χ3v) is 13.5. The van der Waals surface area contributed by atoms with Crippen LogP contribution in [0, 0.1) is 0 Å². The molecule has 66 heavy (non-hydrogen) atoms. The summed E-state index contributed by atoms with van der Waals surface area (Å²) in [7, 11) is 0. The van der Waals surface area contributed by atoms with Crippen molar-refractivity contribution >= 4 is 82.0 Å². The van der Waals surface area contributed by atoms with E-state index < -0.39 is 0 Å². The first-order valence-electron chi connectivity index (χ1n) is 22.8. The van der Waals surface area contributed by atoms with Gasteiger partial charge in [-0.05, 0) is 126 Å². The van der Waals surface area contributed by atoms with Crippen molar-refractivity contribution in [1.82, 2.24) is 4.57 Å². The van der Waals surface area contributed by atoms with Gasteiger partial charge in [-0.1, -0.05) is 200 Å². The van der Waals surface area contributed by atoms with Crippen LogP contribution in [0.15, 0.2) is 255 Å². The summed E-state index contributed by atoms with van der Waals surface area (Å²) >= 11 is 0. The van der Waals surface area contributed by atoms with Crippen LogP contribution in [0.2, 0.25) is 0 Å². The molecule has 0 N–H and O–H groups in total. The van der Waals surface area contributed by atoms with Crippen LogP contribution in [0.3, 0.4) is 0 Å². The molecule has 0 spiro atoms. The highest BCUT2D eigenvalue weighted by atomic mass is 15.1. The van der Waals surface area contributed by atoms with Gasteiger partial charge in [0.25, 0.3) is 0 Å². The van der Waals surface area contributed by atoms with Gasteiger partial charge in [0, 0.05) is 33.2 Å². The Balaban J connectivity index is 0.998. The second-order valence-corrected chi connectivity index (χ2v) is 17.3. The highest BCUT2D eigenvalue weighted by Crippen LogP contribution is 2.47. The molecule has 308 valence electrons. The maximum atomic E-state index is 2.46. The van der Waals surface area contributed by atoms with Gasteiger partial charge in [0.05, 0.1) is 16.7 Å². The molecule has 13 aromatic rings. The van der Waals surface area contributed by atoms with Crippen molar-refractivity contribution in [3.63, 3.8) is 0 Å². The van der Waals surface area contributed by atoms with Crippen LogP contribution in [-0.2, 0) is 0 Å². The molecule has 13 rings (SSSR count). The lowest BCUT2D eigenvalue weighted by Crippen LogP contribution is -2.11. The van der Waals surface area contributed by atoms with E-state index in [1.165, 1.54) is 98.3 Å².